The van der Waals surface area contributed by atoms with Gasteiger partial charge in [-0.2, -0.15) is 0 Å². The summed E-state index contributed by atoms with van der Waals surface area (Å²) >= 11 is 0. The van der Waals surface area contributed by atoms with Crippen LogP contribution < -0.4 is 10.9 Å². The van der Waals surface area contributed by atoms with E-state index in [1.165, 1.54) is 39.9 Å². The molecule has 1 fully saturated rings. The van der Waals surface area contributed by atoms with E-state index in [1.54, 1.807) is 0 Å². The first-order chi connectivity index (χ1) is 14.7. The number of carbonyl (C=O) groups excluding carboxylic acids is 2. The van der Waals surface area contributed by atoms with Gasteiger partial charge in [-0.05, 0) is 41.8 Å². The van der Waals surface area contributed by atoms with Crippen molar-refractivity contribution in [3.63, 3.8) is 0 Å². The number of alkyl halides is 2. The number of hydrogen-bond donors (Lipinski definition) is 2. The molecule has 1 aliphatic heterocycles. The molecule has 164 valence electrons. The van der Waals surface area contributed by atoms with Gasteiger partial charge in [0.15, 0.2) is 0 Å². The number of carbonyl (C=O) groups is 2. The Kier molecular flexibility index (Phi) is 5.34. The lowest BCUT2D eigenvalue weighted by Gasteiger charge is -2.35. The number of aliphatic hydroxyl groups excluding tert-OH is 1. The number of aromatic nitrogens is 1. The summed E-state index contributed by atoms with van der Waals surface area (Å²) in [5.74, 6) is -4.57. The van der Waals surface area contributed by atoms with E-state index in [1.807, 2.05) is 0 Å². The lowest BCUT2D eigenvalue weighted by atomic mass is 9.87. The first-order valence-corrected chi connectivity index (χ1v) is 9.79. The van der Waals surface area contributed by atoms with Crippen LogP contribution in [-0.4, -0.2) is 51.5 Å². The number of rotatable bonds is 4. The van der Waals surface area contributed by atoms with Crippen LogP contribution in [0.5, 0.6) is 0 Å². The molecular weight excluding hydrogens is 415 g/mol. The molecule has 2 aliphatic rings. The van der Waals surface area contributed by atoms with Crippen LogP contribution in [0.1, 0.15) is 34.3 Å². The van der Waals surface area contributed by atoms with E-state index in [-0.39, 0.29) is 25.1 Å². The smallest absolute Gasteiger partial charge is 0.268 e. The highest BCUT2D eigenvalue weighted by molar-refractivity contribution is 5.96. The van der Waals surface area contributed by atoms with Crippen LogP contribution in [0.15, 0.2) is 35.3 Å². The Balaban J connectivity index is 1.76. The van der Waals surface area contributed by atoms with Crippen LogP contribution in [0.2, 0.25) is 0 Å². The Morgan fingerprint density at radius 3 is 2.48 bits per heavy atom. The summed E-state index contributed by atoms with van der Waals surface area (Å²) in [4.78, 5) is 39.4. The zero-order valence-corrected chi connectivity index (χ0v) is 16.4. The zero-order valence-electron chi connectivity index (χ0n) is 16.4. The van der Waals surface area contributed by atoms with Gasteiger partial charge in [-0.3, -0.25) is 19.0 Å². The third-order valence-electron chi connectivity index (χ3n) is 5.65. The van der Waals surface area contributed by atoms with Crippen molar-refractivity contribution in [3.05, 3.63) is 63.3 Å². The molecule has 0 radical (unpaired) electrons. The summed E-state index contributed by atoms with van der Waals surface area (Å²) in [5.41, 5.74) is 0.433. The van der Waals surface area contributed by atoms with Gasteiger partial charge in [0.1, 0.15) is 18.0 Å². The molecule has 1 saturated carbocycles. The summed E-state index contributed by atoms with van der Waals surface area (Å²) in [7, 11) is 0. The normalized spacial score (nSPS) is 17.6. The number of amides is 2. The van der Waals surface area contributed by atoms with Crippen molar-refractivity contribution < 1.29 is 27.9 Å². The number of fused-ring (bicyclic) bond motifs is 1. The Hall–Kier alpha value is -3.14. The van der Waals surface area contributed by atoms with Gasteiger partial charge in [-0.25, -0.2) is 13.2 Å². The average Bonchev–Trinajstić information content (AvgIpc) is 2.71. The van der Waals surface area contributed by atoms with Gasteiger partial charge in [0.25, 0.3) is 17.4 Å². The summed E-state index contributed by atoms with van der Waals surface area (Å²) in [6.45, 7) is -0.400. The van der Waals surface area contributed by atoms with E-state index in [0.29, 0.717) is 16.8 Å². The van der Waals surface area contributed by atoms with Gasteiger partial charge in [0, 0.05) is 43.9 Å². The van der Waals surface area contributed by atoms with E-state index in [9.17, 15) is 27.6 Å². The fourth-order valence-electron chi connectivity index (χ4n) is 4.02. The van der Waals surface area contributed by atoms with E-state index in [2.05, 4.69) is 5.32 Å². The summed E-state index contributed by atoms with van der Waals surface area (Å²) in [6.07, 6.45) is 0.706. The van der Waals surface area contributed by atoms with Gasteiger partial charge >= 0.3 is 0 Å². The molecule has 2 aromatic rings. The van der Waals surface area contributed by atoms with Gasteiger partial charge < -0.3 is 15.3 Å². The molecule has 0 unspecified atom stereocenters. The van der Waals surface area contributed by atoms with Crippen molar-refractivity contribution in [3.8, 4) is 5.69 Å². The summed E-state index contributed by atoms with van der Waals surface area (Å²) in [6, 6.07) is 4.35. The Bertz CT molecular complexity index is 1090. The topological polar surface area (TPSA) is 91.6 Å². The summed E-state index contributed by atoms with van der Waals surface area (Å²) in [5, 5.41) is 11.6. The van der Waals surface area contributed by atoms with Crippen molar-refractivity contribution in [2.75, 3.05) is 13.2 Å². The Labute approximate surface area is 175 Å². The van der Waals surface area contributed by atoms with Gasteiger partial charge in [-0.15, -0.1) is 0 Å². The van der Waals surface area contributed by atoms with E-state index in [0.717, 1.165) is 0 Å². The van der Waals surface area contributed by atoms with Crippen LogP contribution in [0, 0.1) is 5.82 Å². The lowest BCUT2D eigenvalue weighted by Crippen LogP contribution is -2.52. The Morgan fingerprint density at radius 2 is 1.87 bits per heavy atom. The van der Waals surface area contributed by atoms with Gasteiger partial charge in [0.2, 0.25) is 5.91 Å². The average molecular weight is 435 g/mol. The van der Waals surface area contributed by atoms with Gasteiger partial charge in [-0.1, -0.05) is 0 Å². The summed E-state index contributed by atoms with van der Waals surface area (Å²) < 4.78 is 40.8. The highest BCUT2D eigenvalue weighted by atomic mass is 19.3. The second-order valence-corrected chi connectivity index (χ2v) is 7.82. The van der Waals surface area contributed by atoms with Crippen molar-refractivity contribution >= 4 is 11.8 Å². The minimum atomic E-state index is -2.83. The number of pyridine rings is 1. The molecule has 10 heteroatoms. The zero-order chi connectivity index (χ0) is 22.3. The monoisotopic (exact) mass is 435 g/mol. The Morgan fingerprint density at radius 1 is 1.19 bits per heavy atom. The first kappa shape index (κ1) is 21.1. The fourth-order valence-corrected chi connectivity index (χ4v) is 4.02. The van der Waals surface area contributed by atoms with Crippen LogP contribution in [0.4, 0.5) is 13.2 Å². The second-order valence-electron chi connectivity index (χ2n) is 7.82. The van der Waals surface area contributed by atoms with Crippen LogP contribution >= 0.6 is 0 Å². The first-order valence-electron chi connectivity index (χ1n) is 9.79. The van der Waals surface area contributed by atoms with Crippen molar-refractivity contribution in [2.24, 2.45) is 0 Å². The number of benzene rings is 1. The molecule has 7 nitrogen and oxygen atoms in total. The fraction of sp³-hybridized carbons (Fsp3) is 0.381. The molecule has 1 aromatic carbocycles. The second kappa shape index (κ2) is 7.84. The van der Waals surface area contributed by atoms with Crippen LogP contribution in [0.25, 0.3) is 5.69 Å². The molecule has 0 atom stereocenters. The molecule has 2 amide bonds. The molecule has 1 aromatic heterocycles. The predicted molar refractivity (Wildman–Crippen MR) is 104 cm³/mol. The number of halogens is 3. The quantitative estimate of drug-likeness (QED) is 0.759. The third-order valence-corrected chi connectivity index (χ3v) is 5.65. The number of aliphatic hydroxyl groups is 1. The molecule has 31 heavy (non-hydrogen) atoms. The molecule has 0 saturated heterocycles. The minimum Gasteiger partial charge on any atom is -0.387 e. The molecule has 0 bridgehead atoms. The number of nitrogens with one attached hydrogen (secondary N) is 1. The molecular formula is C21H20F3N3O4. The SMILES string of the molecule is O=C(NC1CC(F)(F)C1)c1c2c(cn(-c3ccc(F)cc3)c1=O)CN(C(=O)CO)CC2. The standard InChI is InChI=1S/C21H20F3N3O4/c22-13-1-3-15(4-2-13)27-10-12-9-26(17(29)11-28)6-5-16(12)18(20(27)31)19(30)25-14-7-21(23,24)8-14/h1-4,10,14,28H,5-9,11H2,(H,25,30). The molecule has 0 spiro atoms. The van der Waals surface area contributed by atoms with Crippen molar-refractivity contribution in [1.29, 1.82) is 0 Å². The maximum Gasteiger partial charge on any atom is 0.268 e. The third kappa shape index (κ3) is 4.07. The highest BCUT2D eigenvalue weighted by Gasteiger charge is 2.46. The van der Waals surface area contributed by atoms with E-state index >= 15 is 0 Å². The van der Waals surface area contributed by atoms with E-state index in [4.69, 9.17) is 5.11 Å². The number of nitrogens with zero attached hydrogens (tertiary/aromatic N) is 2. The molecule has 4 rings (SSSR count). The van der Waals surface area contributed by atoms with Crippen molar-refractivity contribution in [1.82, 2.24) is 14.8 Å². The predicted octanol–water partition coefficient (Wildman–Crippen LogP) is 1.38. The minimum absolute atomic E-state index is 0.0674. The molecule has 2 N–H and O–H groups in total. The van der Waals surface area contributed by atoms with Gasteiger partial charge in [0.05, 0.1) is 0 Å². The molecule has 2 heterocycles. The van der Waals surface area contributed by atoms with E-state index < -0.39 is 54.6 Å². The van der Waals surface area contributed by atoms with Crippen LogP contribution in [0.3, 0.4) is 0 Å². The maximum atomic E-state index is 13.3. The van der Waals surface area contributed by atoms with Crippen molar-refractivity contribution in [2.45, 2.75) is 37.8 Å². The van der Waals surface area contributed by atoms with Crippen LogP contribution in [-0.2, 0) is 17.8 Å². The maximum absolute atomic E-state index is 13.3. The number of hydrogen-bond acceptors (Lipinski definition) is 4. The lowest BCUT2D eigenvalue weighted by molar-refractivity contribution is -0.135. The molecule has 1 aliphatic carbocycles. The largest absolute Gasteiger partial charge is 0.387 e. The highest BCUT2D eigenvalue weighted by Crippen LogP contribution is 2.37.